The van der Waals surface area contributed by atoms with Crippen LogP contribution in [-0.4, -0.2) is 52.3 Å². The van der Waals surface area contributed by atoms with Crippen molar-refractivity contribution in [1.29, 1.82) is 0 Å². The van der Waals surface area contributed by atoms with Crippen LogP contribution in [0, 0.1) is 0 Å². The van der Waals surface area contributed by atoms with Gasteiger partial charge >= 0.3 is 0 Å². The lowest BCUT2D eigenvalue weighted by Crippen LogP contribution is -2.46. The molecule has 2 aromatic heterocycles. The molecule has 4 heterocycles. The fourth-order valence-electron chi connectivity index (χ4n) is 4.13. The number of morpholine rings is 1. The predicted molar refractivity (Wildman–Crippen MR) is 121 cm³/mol. The molecule has 1 atom stereocenters. The summed E-state index contributed by atoms with van der Waals surface area (Å²) in [5, 5.41) is 3.10. The number of benzene rings is 1. The van der Waals surface area contributed by atoms with Gasteiger partial charge in [0.25, 0.3) is 5.56 Å². The van der Waals surface area contributed by atoms with E-state index < -0.39 is 0 Å². The quantitative estimate of drug-likeness (QED) is 0.632. The van der Waals surface area contributed by atoms with Crippen molar-refractivity contribution in [3.8, 4) is 11.4 Å². The average molecular weight is 435 g/mol. The standard InChI is InChI=1S/C23H26N6O3/c1-2-17-13-32-12-10-29(17)22-18-14-31-11-8-19(18)26-21(28-22)15-3-5-16(6-4-15)25-23-24-9-7-20(30)27-23/h3-7,9,17H,2,8,10-14H2,1H3,(H2,24,25,27,30)/t17-/m0/s1. The average Bonchev–Trinajstić information content (AvgIpc) is 2.84. The van der Waals surface area contributed by atoms with Crippen LogP contribution in [-0.2, 0) is 22.5 Å². The molecule has 5 rings (SSSR count). The zero-order chi connectivity index (χ0) is 21.9. The number of ether oxygens (including phenoxy) is 2. The second-order valence-electron chi connectivity index (χ2n) is 7.91. The van der Waals surface area contributed by atoms with E-state index in [1.54, 1.807) is 0 Å². The van der Waals surface area contributed by atoms with Gasteiger partial charge in [0.05, 0.1) is 38.2 Å². The van der Waals surface area contributed by atoms with Crippen LogP contribution in [0.3, 0.4) is 0 Å². The van der Waals surface area contributed by atoms with Crippen LogP contribution in [0.15, 0.2) is 41.3 Å². The number of fused-ring (bicyclic) bond motifs is 1. The molecule has 1 saturated heterocycles. The highest BCUT2D eigenvalue weighted by atomic mass is 16.5. The molecule has 3 aromatic rings. The van der Waals surface area contributed by atoms with E-state index in [2.05, 4.69) is 27.1 Å². The molecule has 9 nitrogen and oxygen atoms in total. The lowest BCUT2D eigenvalue weighted by Gasteiger charge is -2.38. The van der Waals surface area contributed by atoms with E-state index in [-0.39, 0.29) is 5.56 Å². The van der Waals surface area contributed by atoms with Crippen molar-refractivity contribution in [3.05, 3.63) is 58.1 Å². The van der Waals surface area contributed by atoms with Crippen molar-refractivity contribution in [3.63, 3.8) is 0 Å². The summed E-state index contributed by atoms with van der Waals surface area (Å²) in [6.07, 6.45) is 3.24. The Labute approximate surface area is 185 Å². The second-order valence-corrected chi connectivity index (χ2v) is 7.91. The van der Waals surface area contributed by atoms with E-state index in [1.807, 2.05) is 24.3 Å². The van der Waals surface area contributed by atoms with Crippen LogP contribution in [0.1, 0.15) is 24.6 Å². The fraction of sp³-hybridized carbons (Fsp3) is 0.391. The lowest BCUT2D eigenvalue weighted by atomic mass is 10.1. The molecule has 2 N–H and O–H groups in total. The van der Waals surface area contributed by atoms with Crippen molar-refractivity contribution in [1.82, 2.24) is 19.9 Å². The molecule has 32 heavy (non-hydrogen) atoms. The molecule has 2 aliphatic rings. The number of rotatable bonds is 5. The number of nitrogens with one attached hydrogen (secondary N) is 2. The van der Waals surface area contributed by atoms with Crippen LogP contribution in [0.5, 0.6) is 0 Å². The molecule has 2 aliphatic heterocycles. The first-order valence-corrected chi connectivity index (χ1v) is 11.0. The van der Waals surface area contributed by atoms with Gasteiger partial charge in [0.1, 0.15) is 5.82 Å². The minimum Gasteiger partial charge on any atom is -0.377 e. The molecule has 0 saturated carbocycles. The van der Waals surface area contributed by atoms with Gasteiger partial charge in [-0.05, 0) is 30.7 Å². The van der Waals surface area contributed by atoms with Gasteiger partial charge in [-0.15, -0.1) is 0 Å². The summed E-state index contributed by atoms with van der Waals surface area (Å²) in [5.74, 6) is 2.07. The molecule has 0 unspecified atom stereocenters. The van der Waals surface area contributed by atoms with Crippen molar-refractivity contribution >= 4 is 17.5 Å². The Bertz CT molecular complexity index is 1150. The van der Waals surface area contributed by atoms with Crippen molar-refractivity contribution in [2.24, 2.45) is 0 Å². The Morgan fingerprint density at radius 3 is 2.84 bits per heavy atom. The molecule has 0 radical (unpaired) electrons. The van der Waals surface area contributed by atoms with E-state index in [0.29, 0.717) is 44.2 Å². The maximum Gasteiger partial charge on any atom is 0.252 e. The van der Waals surface area contributed by atoms with Gasteiger partial charge in [0, 0.05) is 42.0 Å². The number of aromatic nitrogens is 4. The summed E-state index contributed by atoms with van der Waals surface area (Å²) in [6, 6.07) is 9.48. The predicted octanol–water partition coefficient (Wildman–Crippen LogP) is 2.66. The summed E-state index contributed by atoms with van der Waals surface area (Å²) in [7, 11) is 0. The molecule has 0 amide bonds. The Balaban J connectivity index is 1.47. The number of aromatic amines is 1. The third-order valence-corrected chi connectivity index (χ3v) is 5.85. The van der Waals surface area contributed by atoms with Gasteiger partial charge in [0.15, 0.2) is 5.82 Å². The first kappa shape index (κ1) is 20.6. The molecule has 0 bridgehead atoms. The summed E-state index contributed by atoms with van der Waals surface area (Å²) >= 11 is 0. The number of hydrogen-bond acceptors (Lipinski definition) is 8. The highest BCUT2D eigenvalue weighted by Crippen LogP contribution is 2.31. The molecular formula is C23H26N6O3. The maximum atomic E-state index is 11.5. The number of nitrogens with zero attached hydrogens (tertiary/aromatic N) is 4. The van der Waals surface area contributed by atoms with Crippen LogP contribution in [0.25, 0.3) is 11.4 Å². The molecular weight excluding hydrogens is 408 g/mol. The van der Waals surface area contributed by atoms with Gasteiger partial charge in [0.2, 0.25) is 5.95 Å². The van der Waals surface area contributed by atoms with Crippen molar-refractivity contribution in [2.45, 2.75) is 32.4 Å². The Morgan fingerprint density at radius 2 is 2.03 bits per heavy atom. The van der Waals surface area contributed by atoms with E-state index in [0.717, 1.165) is 47.7 Å². The molecule has 1 fully saturated rings. The van der Waals surface area contributed by atoms with Gasteiger partial charge < -0.3 is 19.7 Å². The van der Waals surface area contributed by atoms with Crippen molar-refractivity contribution in [2.75, 3.05) is 36.6 Å². The van der Waals surface area contributed by atoms with Crippen LogP contribution >= 0.6 is 0 Å². The van der Waals surface area contributed by atoms with Crippen molar-refractivity contribution < 1.29 is 9.47 Å². The van der Waals surface area contributed by atoms with Crippen LogP contribution in [0.4, 0.5) is 17.5 Å². The number of hydrogen-bond donors (Lipinski definition) is 2. The highest BCUT2D eigenvalue weighted by molar-refractivity contribution is 5.65. The molecule has 0 spiro atoms. The first-order chi connectivity index (χ1) is 15.7. The Hall–Kier alpha value is -3.30. The van der Waals surface area contributed by atoms with Crippen LogP contribution in [0.2, 0.25) is 0 Å². The molecule has 0 aliphatic carbocycles. The summed E-state index contributed by atoms with van der Waals surface area (Å²) in [5.41, 5.74) is 3.70. The monoisotopic (exact) mass is 434 g/mol. The summed E-state index contributed by atoms with van der Waals surface area (Å²) in [4.78, 5) is 30.5. The van der Waals surface area contributed by atoms with Gasteiger partial charge in [-0.1, -0.05) is 6.92 Å². The van der Waals surface area contributed by atoms with Gasteiger partial charge in [-0.25, -0.2) is 15.0 Å². The lowest BCUT2D eigenvalue weighted by molar-refractivity contribution is 0.0901. The largest absolute Gasteiger partial charge is 0.377 e. The van der Waals surface area contributed by atoms with E-state index in [1.165, 1.54) is 12.3 Å². The van der Waals surface area contributed by atoms with E-state index >= 15 is 0 Å². The van der Waals surface area contributed by atoms with Crippen LogP contribution < -0.4 is 15.8 Å². The number of H-pyrrole nitrogens is 1. The third-order valence-electron chi connectivity index (χ3n) is 5.85. The Kier molecular flexibility index (Phi) is 5.83. The maximum absolute atomic E-state index is 11.5. The topological polar surface area (TPSA) is 105 Å². The summed E-state index contributed by atoms with van der Waals surface area (Å²) in [6.45, 7) is 5.62. The fourth-order valence-corrected chi connectivity index (χ4v) is 4.13. The molecule has 166 valence electrons. The Morgan fingerprint density at radius 1 is 1.16 bits per heavy atom. The molecule has 1 aromatic carbocycles. The van der Waals surface area contributed by atoms with Gasteiger partial charge in [-0.3, -0.25) is 9.78 Å². The molecule has 9 heteroatoms. The summed E-state index contributed by atoms with van der Waals surface area (Å²) < 4.78 is 11.4. The van der Waals surface area contributed by atoms with E-state index in [4.69, 9.17) is 19.4 Å². The minimum absolute atomic E-state index is 0.202. The number of anilines is 3. The minimum atomic E-state index is -0.202. The zero-order valence-corrected chi connectivity index (χ0v) is 18.0. The van der Waals surface area contributed by atoms with E-state index in [9.17, 15) is 4.79 Å². The normalized spacial score (nSPS) is 18.3. The van der Waals surface area contributed by atoms with Gasteiger partial charge in [-0.2, -0.15) is 0 Å². The zero-order valence-electron chi connectivity index (χ0n) is 18.0. The SMILES string of the molecule is CC[C@H]1COCCN1c1nc(-c2ccc(Nc3nccc(=O)[nH]3)cc2)nc2c1COCC2. The third kappa shape index (κ3) is 4.21. The first-order valence-electron chi connectivity index (χ1n) is 11.0. The highest BCUT2D eigenvalue weighted by Gasteiger charge is 2.28. The second kappa shape index (κ2) is 9.05. The smallest absolute Gasteiger partial charge is 0.252 e.